The van der Waals surface area contributed by atoms with Crippen LogP contribution in [0.25, 0.3) is 95.3 Å². The largest absolute Gasteiger partial charge is 0.416 e. The third-order valence-corrected chi connectivity index (χ3v) is 10.7. The highest BCUT2D eigenvalue weighted by Gasteiger charge is 2.31. The molecule has 10 rings (SSSR count). The average Bonchev–Trinajstić information content (AvgIpc) is 3.62. The molecule has 3 aromatic heterocycles. The summed E-state index contributed by atoms with van der Waals surface area (Å²) in [5.74, 6) is 1.02. The van der Waals surface area contributed by atoms with Crippen molar-refractivity contribution >= 4 is 21.8 Å². The molecule has 0 saturated carbocycles. The van der Waals surface area contributed by atoms with Gasteiger partial charge in [-0.1, -0.05) is 139 Å². The number of halogens is 3. The lowest BCUT2D eigenvalue weighted by molar-refractivity contribution is -0.137. The van der Waals surface area contributed by atoms with E-state index in [0.717, 1.165) is 62.0 Å². The Hall–Kier alpha value is -7.71. The number of benzene rings is 7. The van der Waals surface area contributed by atoms with Crippen LogP contribution in [0.3, 0.4) is 0 Å². The van der Waals surface area contributed by atoms with E-state index in [-0.39, 0.29) is 0 Å². The Bertz CT molecular complexity index is 3070. The number of aryl methyl sites for hydroxylation is 1. The van der Waals surface area contributed by atoms with Crippen molar-refractivity contribution in [3.8, 4) is 73.5 Å². The van der Waals surface area contributed by atoms with Crippen LogP contribution in [-0.2, 0) is 6.18 Å². The number of rotatable bonds is 7. The monoisotopic (exact) mass is 785 g/mol. The van der Waals surface area contributed by atoms with Gasteiger partial charge in [0.15, 0.2) is 11.6 Å². The van der Waals surface area contributed by atoms with Gasteiger partial charge in [0.1, 0.15) is 0 Å². The van der Waals surface area contributed by atoms with E-state index >= 15 is 0 Å². The molecule has 0 bridgehead atoms. The smallest absolute Gasteiger partial charge is 0.309 e. The topological polar surface area (TPSA) is 56.5 Å². The van der Waals surface area contributed by atoms with Gasteiger partial charge >= 0.3 is 6.18 Å². The predicted octanol–water partition coefficient (Wildman–Crippen LogP) is 13.7. The second-order valence-electron chi connectivity index (χ2n) is 14.7. The van der Waals surface area contributed by atoms with Crippen molar-refractivity contribution in [2.75, 3.05) is 0 Å². The van der Waals surface area contributed by atoms with Crippen molar-refractivity contribution in [1.82, 2.24) is 24.5 Å². The highest BCUT2D eigenvalue weighted by Crippen LogP contribution is 2.41. The number of hydrogen-bond acceptors (Lipinski definition) is 4. The van der Waals surface area contributed by atoms with Gasteiger partial charge in [0, 0.05) is 44.2 Å². The van der Waals surface area contributed by atoms with Crippen LogP contribution in [0, 0.1) is 6.92 Å². The molecule has 60 heavy (non-hydrogen) atoms. The minimum Gasteiger partial charge on any atom is -0.309 e. The van der Waals surface area contributed by atoms with E-state index in [9.17, 15) is 13.2 Å². The number of nitrogens with zero attached hydrogens (tertiary/aromatic N) is 5. The minimum atomic E-state index is -4.51. The number of aromatic nitrogens is 5. The van der Waals surface area contributed by atoms with Crippen LogP contribution < -0.4 is 0 Å². The van der Waals surface area contributed by atoms with Gasteiger partial charge in [-0.15, -0.1) is 0 Å². The van der Waals surface area contributed by atoms with Gasteiger partial charge in [0.2, 0.25) is 0 Å². The highest BCUT2D eigenvalue weighted by atomic mass is 19.4. The third-order valence-electron chi connectivity index (χ3n) is 10.7. The highest BCUT2D eigenvalue weighted by molar-refractivity contribution is 6.10. The van der Waals surface area contributed by atoms with E-state index in [2.05, 4.69) is 0 Å². The van der Waals surface area contributed by atoms with Crippen LogP contribution in [0.15, 0.2) is 188 Å². The fourth-order valence-electron chi connectivity index (χ4n) is 7.79. The van der Waals surface area contributed by atoms with Crippen LogP contribution in [-0.4, -0.2) is 24.5 Å². The first-order valence-corrected chi connectivity index (χ1v) is 19.5. The van der Waals surface area contributed by atoms with Gasteiger partial charge in [-0.2, -0.15) is 13.2 Å². The van der Waals surface area contributed by atoms with Crippen molar-refractivity contribution in [3.05, 3.63) is 199 Å². The molecule has 10 aromatic rings. The van der Waals surface area contributed by atoms with Gasteiger partial charge in [0.05, 0.1) is 45.1 Å². The molecule has 288 valence electrons. The molecule has 0 saturated heterocycles. The zero-order chi connectivity index (χ0) is 40.8. The average molecular weight is 786 g/mol. The second-order valence-corrected chi connectivity index (χ2v) is 14.7. The molecule has 5 nitrogen and oxygen atoms in total. The maximum atomic E-state index is 14.2. The van der Waals surface area contributed by atoms with Crippen molar-refractivity contribution in [1.29, 1.82) is 0 Å². The van der Waals surface area contributed by atoms with E-state index in [1.165, 1.54) is 6.07 Å². The first-order valence-electron chi connectivity index (χ1n) is 19.5. The van der Waals surface area contributed by atoms with Crippen molar-refractivity contribution in [2.45, 2.75) is 13.1 Å². The summed E-state index contributed by atoms with van der Waals surface area (Å²) in [5, 5.41) is 1.21. The van der Waals surface area contributed by atoms with Crippen molar-refractivity contribution in [3.63, 3.8) is 0 Å². The predicted molar refractivity (Wildman–Crippen MR) is 234 cm³/mol. The Morgan fingerprint density at radius 3 is 1.37 bits per heavy atom. The van der Waals surface area contributed by atoms with Gasteiger partial charge < -0.3 is 4.57 Å². The maximum absolute atomic E-state index is 14.2. The normalized spacial score (nSPS) is 11.7. The van der Waals surface area contributed by atoms with Crippen LogP contribution >= 0.6 is 0 Å². The van der Waals surface area contributed by atoms with E-state index in [1.54, 1.807) is 6.07 Å². The van der Waals surface area contributed by atoms with E-state index < -0.39 is 11.7 Å². The zero-order valence-corrected chi connectivity index (χ0v) is 32.3. The standard InChI is InChI=1S/C52H34F3N5/c1-33-22-25-47-40(28-33)41-30-39(52(53,54)55)24-27-48(41)60(47)49-26-23-38(46-32-43(34-14-6-2-7-15-34)56-50(57-46)37-20-12-5-13-21-37)29-42(49)51-58-44(35-16-8-3-9-17-35)31-45(59-51)36-18-10-4-11-19-36/h2-32H,1H3. The molecule has 0 N–H and O–H groups in total. The minimum absolute atomic E-state index is 0.446. The van der Waals surface area contributed by atoms with Gasteiger partial charge in [-0.25, -0.2) is 19.9 Å². The Morgan fingerprint density at radius 2 is 0.850 bits per heavy atom. The molecule has 0 fully saturated rings. The SMILES string of the molecule is Cc1ccc2c(c1)c1cc(C(F)(F)F)ccc1n2-c1ccc(-c2cc(-c3ccccc3)nc(-c3ccccc3)n2)cc1-c1nc(-c2ccccc2)cc(-c2ccccc2)n1. The summed E-state index contributed by atoms with van der Waals surface area (Å²) >= 11 is 0. The van der Waals surface area contributed by atoms with Gasteiger partial charge in [0.25, 0.3) is 0 Å². The lowest BCUT2D eigenvalue weighted by Gasteiger charge is -2.17. The molecule has 7 aromatic carbocycles. The molecule has 0 aliphatic rings. The zero-order valence-electron chi connectivity index (χ0n) is 32.3. The molecule has 0 aliphatic heterocycles. The summed E-state index contributed by atoms with van der Waals surface area (Å²) in [6.07, 6.45) is -4.51. The van der Waals surface area contributed by atoms with E-state index in [4.69, 9.17) is 19.9 Å². The number of alkyl halides is 3. The molecule has 0 spiro atoms. The lowest BCUT2D eigenvalue weighted by Crippen LogP contribution is -2.05. The summed E-state index contributed by atoms with van der Waals surface area (Å²) < 4.78 is 44.7. The van der Waals surface area contributed by atoms with Gasteiger partial charge in [-0.05, 0) is 61.5 Å². The van der Waals surface area contributed by atoms with Crippen LogP contribution in [0.1, 0.15) is 11.1 Å². The number of fused-ring (bicyclic) bond motifs is 3. The lowest BCUT2D eigenvalue weighted by atomic mass is 10.0. The Labute approximate surface area is 344 Å². The first-order chi connectivity index (χ1) is 29.3. The molecule has 3 heterocycles. The van der Waals surface area contributed by atoms with E-state index in [0.29, 0.717) is 44.9 Å². The summed E-state index contributed by atoms with van der Waals surface area (Å²) in [6, 6.07) is 59.6. The molecule has 0 atom stereocenters. The fourth-order valence-corrected chi connectivity index (χ4v) is 7.79. The summed E-state index contributed by atoms with van der Waals surface area (Å²) in [6.45, 7) is 1.94. The van der Waals surface area contributed by atoms with Crippen LogP contribution in [0.4, 0.5) is 13.2 Å². The third kappa shape index (κ3) is 6.88. The number of hydrogen-bond donors (Lipinski definition) is 0. The summed E-state index contributed by atoms with van der Waals surface area (Å²) in [4.78, 5) is 20.6. The quantitative estimate of drug-likeness (QED) is 0.161. The molecule has 8 heteroatoms. The molecular weight excluding hydrogens is 752 g/mol. The van der Waals surface area contributed by atoms with E-state index in [1.807, 2.05) is 181 Å². The first kappa shape index (κ1) is 36.6. The van der Waals surface area contributed by atoms with Gasteiger partial charge in [-0.3, -0.25) is 0 Å². The molecule has 0 amide bonds. The molecular formula is C52H34F3N5. The van der Waals surface area contributed by atoms with Crippen molar-refractivity contribution in [2.24, 2.45) is 0 Å². The molecule has 0 unspecified atom stereocenters. The molecule has 0 aliphatic carbocycles. The summed E-state index contributed by atoms with van der Waals surface area (Å²) in [5.41, 5.74) is 10.3. The maximum Gasteiger partial charge on any atom is 0.416 e. The fraction of sp³-hybridized carbons (Fsp3) is 0.0385. The molecule has 0 radical (unpaired) electrons. The Balaban J connectivity index is 1.28. The second kappa shape index (κ2) is 14.9. The van der Waals surface area contributed by atoms with Crippen LogP contribution in [0.5, 0.6) is 0 Å². The Morgan fingerprint density at radius 1 is 0.400 bits per heavy atom. The van der Waals surface area contributed by atoms with Crippen molar-refractivity contribution < 1.29 is 13.2 Å². The Kier molecular flexibility index (Phi) is 9.10. The summed E-state index contributed by atoms with van der Waals surface area (Å²) in [7, 11) is 0. The van der Waals surface area contributed by atoms with Crippen LogP contribution in [0.2, 0.25) is 0 Å².